The van der Waals surface area contributed by atoms with Gasteiger partial charge in [0.25, 0.3) is 0 Å². The van der Waals surface area contributed by atoms with Crippen molar-refractivity contribution in [2.45, 2.75) is 26.7 Å². The Labute approximate surface area is 105 Å². The number of hydrogen-bond donors (Lipinski definition) is 0. The molecule has 0 radical (unpaired) electrons. The first kappa shape index (κ1) is 13.2. The van der Waals surface area contributed by atoms with Crippen molar-refractivity contribution in [3.05, 3.63) is 28.7 Å². The fourth-order valence-electron chi connectivity index (χ4n) is 1.39. The largest absolute Gasteiger partial charge is 0.494 e. The Morgan fingerprint density at radius 1 is 1.38 bits per heavy atom. The third-order valence-electron chi connectivity index (χ3n) is 2.53. The number of ether oxygens (including phenoxy) is 1. The summed E-state index contributed by atoms with van der Waals surface area (Å²) in [7, 11) is 0. The van der Waals surface area contributed by atoms with Gasteiger partial charge in [0, 0.05) is 16.8 Å². The molecule has 0 heterocycles. The van der Waals surface area contributed by atoms with Crippen LogP contribution in [0.2, 0.25) is 0 Å². The molecule has 1 aromatic rings. The number of Topliss-reactive ketones (excluding diaryl/α,β-unsaturated/α-hetero) is 1. The van der Waals surface area contributed by atoms with E-state index in [0.29, 0.717) is 18.8 Å². The monoisotopic (exact) mass is 284 g/mol. The first-order chi connectivity index (χ1) is 7.63. The minimum absolute atomic E-state index is 0.0976. The molecule has 0 bridgehead atoms. The van der Waals surface area contributed by atoms with E-state index in [-0.39, 0.29) is 5.92 Å². The molecule has 0 saturated heterocycles. The second-order valence-electron chi connectivity index (χ2n) is 3.81. The van der Waals surface area contributed by atoms with Gasteiger partial charge in [-0.1, -0.05) is 29.8 Å². The summed E-state index contributed by atoms with van der Waals surface area (Å²) in [6.07, 6.45) is 1.39. The molecule has 88 valence electrons. The highest BCUT2D eigenvalue weighted by atomic mass is 79.9. The fourth-order valence-corrected chi connectivity index (χ4v) is 1.66. The van der Waals surface area contributed by atoms with Crippen LogP contribution in [0, 0.1) is 5.92 Å². The van der Waals surface area contributed by atoms with Crippen molar-refractivity contribution in [1.82, 2.24) is 0 Å². The van der Waals surface area contributed by atoms with Gasteiger partial charge in [-0.25, -0.2) is 0 Å². The van der Waals surface area contributed by atoms with Gasteiger partial charge in [-0.05, 0) is 30.7 Å². The molecule has 0 aromatic heterocycles. The Bertz CT molecular complexity index is 332. The molecule has 0 aliphatic heterocycles. The Kier molecular flexibility index (Phi) is 5.53. The van der Waals surface area contributed by atoms with Crippen LogP contribution in [0.4, 0.5) is 0 Å². The predicted molar refractivity (Wildman–Crippen MR) is 68.7 cm³/mol. The van der Waals surface area contributed by atoms with Crippen molar-refractivity contribution in [3.8, 4) is 5.75 Å². The van der Waals surface area contributed by atoms with Crippen molar-refractivity contribution in [3.63, 3.8) is 0 Å². The van der Waals surface area contributed by atoms with Crippen molar-refractivity contribution in [2.75, 3.05) is 6.61 Å². The van der Waals surface area contributed by atoms with Crippen LogP contribution < -0.4 is 4.74 Å². The van der Waals surface area contributed by atoms with Crippen LogP contribution in [0.3, 0.4) is 0 Å². The summed E-state index contributed by atoms with van der Waals surface area (Å²) < 4.78 is 6.59. The molecule has 1 atom stereocenters. The highest BCUT2D eigenvalue weighted by Crippen LogP contribution is 2.17. The average Bonchev–Trinajstić information content (AvgIpc) is 2.30. The van der Waals surface area contributed by atoms with Gasteiger partial charge in [-0.3, -0.25) is 4.79 Å². The maximum atomic E-state index is 11.3. The van der Waals surface area contributed by atoms with Gasteiger partial charge in [0.15, 0.2) is 0 Å². The van der Waals surface area contributed by atoms with E-state index in [2.05, 4.69) is 15.9 Å². The molecule has 1 unspecified atom stereocenters. The zero-order chi connectivity index (χ0) is 12.0. The zero-order valence-corrected chi connectivity index (χ0v) is 11.3. The molecule has 3 heteroatoms. The molecule has 1 rings (SSSR count). The smallest absolute Gasteiger partial charge is 0.135 e. The molecule has 2 nitrogen and oxygen atoms in total. The third-order valence-corrected chi connectivity index (χ3v) is 3.06. The number of carbonyl (C=O) groups excluding carboxylic acids is 1. The Hall–Kier alpha value is -0.830. The van der Waals surface area contributed by atoms with Crippen molar-refractivity contribution in [1.29, 1.82) is 0 Å². The topological polar surface area (TPSA) is 26.3 Å². The van der Waals surface area contributed by atoms with Gasteiger partial charge in [-0.2, -0.15) is 0 Å². The lowest BCUT2D eigenvalue weighted by molar-refractivity contribution is -0.122. The first-order valence-electron chi connectivity index (χ1n) is 5.54. The van der Waals surface area contributed by atoms with Crippen LogP contribution in [-0.4, -0.2) is 12.4 Å². The van der Waals surface area contributed by atoms with Gasteiger partial charge in [-0.15, -0.1) is 0 Å². The van der Waals surface area contributed by atoms with E-state index < -0.39 is 0 Å². The molecule has 0 amide bonds. The summed E-state index contributed by atoms with van der Waals surface area (Å²) in [5.74, 6) is 1.25. The molecule has 0 saturated carbocycles. The molecule has 0 spiro atoms. The summed E-state index contributed by atoms with van der Waals surface area (Å²) in [6, 6.07) is 7.71. The third kappa shape index (κ3) is 4.35. The van der Waals surface area contributed by atoms with Gasteiger partial charge in [0.2, 0.25) is 0 Å². The van der Waals surface area contributed by atoms with E-state index >= 15 is 0 Å². The number of ketones is 1. The average molecular weight is 285 g/mol. The number of halogens is 1. The van der Waals surface area contributed by atoms with Crippen LogP contribution >= 0.6 is 15.9 Å². The second kappa shape index (κ2) is 6.69. The van der Waals surface area contributed by atoms with Crippen LogP contribution in [0.15, 0.2) is 28.7 Å². The molecule has 1 aromatic carbocycles. The minimum atomic E-state index is 0.0976. The lowest BCUT2D eigenvalue weighted by atomic mass is 10.0. The number of carbonyl (C=O) groups is 1. The zero-order valence-electron chi connectivity index (χ0n) is 9.70. The summed E-state index contributed by atoms with van der Waals surface area (Å²) in [5, 5.41) is 0. The van der Waals surface area contributed by atoms with Crippen molar-refractivity contribution >= 4 is 21.7 Å². The predicted octanol–water partition coefficient (Wildman–Crippen LogP) is 3.83. The van der Waals surface area contributed by atoms with E-state index in [1.165, 1.54) is 0 Å². The molecule has 0 N–H and O–H groups in total. The quantitative estimate of drug-likeness (QED) is 0.794. The normalized spacial score (nSPS) is 12.2. The van der Waals surface area contributed by atoms with Crippen LogP contribution in [0.1, 0.15) is 26.7 Å². The highest BCUT2D eigenvalue weighted by Gasteiger charge is 2.10. The molecule has 16 heavy (non-hydrogen) atoms. The van der Waals surface area contributed by atoms with Crippen molar-refractivity contribution < 1.29 is 9.53 Å². The van der Waals surface area contributed by atoms with Gasteiger partial charge in [0.05, 0.1) is 6.61 Å². The van der Waals surface area contributed by atoms with E-state index in [9.17, 15) is 4.79 Å². The Morgan fingerprint density at radius 3 is 2.56 bits per heavy atom. The van der Waals surface area contributed by atoms with Gasteiger partial charge in [0.1, 0.15) is 11.5 Å². The minimum Gasteiger partial charge on any atom is -0.494 e. The van der Waals surface area contributed by atoms with Crippen LogP contribution in [-0.2, 0) is 4.79 Å². The lowest BCUT2D eigenvalue weighted by Gasteiger charge is -2.10. The molecule has 0 fully saturated rings. The summed E-state index contributed by atoms with van der Waals surface area (Å²) in [5.41, 5.74) is 0. The Balaban J connectivity index is 2.30. The molecule has 0 aliphatic rings. The van der Waals surface area contributed by atoms with E-state index in [1.807, 2.05) is 38.1 Å². The lowest BCUT2D eigenvalue weighted by Crippen LogP contribution is -2.13. The number of rotatable bonds is 6. The summed E-state index contributed by atoms with van der Waals surface area (Å²) >= 11 is 3.37. The highest BCUT2D eigenvalue weighted by molar-refractivity contribution is 9.10. The maximum absolute atomic E-state index is 11.3. The molecule has 0 aliphatic carbocycles. The van der Waals surface area contributed by atoms with Crippen LogP contribution in [0.5, 0.6) is 5.75 Å². The molecular formula is C13H17BrO2. The van der Waals surface area contributed by atoms with Gasteiger partial charge >= 0.3 is 0 Å². The van der Waals surface area contributed by atoms with E-state index in [0.717, 1.165) is 16.6 Å². The maximum Gasteiger partial charge on any atom is 0.135 e. The second-order valence-corrected chi connectivity index (χ2v) is 4.73. The van der Waals surface area contributed by atoms with E-state index in [4.69, 9.17) is 4.74 Å². The molecular weight excluding hydrogens is 268 g/mol. The van der Waals surface area contributed by atoms with Gasteiger partial charge < -0.3 is 4.74 Å². The Morgan fingerprint density at radius 2 is 2.00 bits per heavy atom. The fraction of sp³-hybridized carbons (Fsp3) is 0.462. The standard InChI is InChI=1S/C13H17BrO2/c1-3-13(15)10(2)8-9-16-12-6-4-11(14)5-7-12/h4-7,10H,3,8-9H2,1-2H3. The van der Waals surface area contributed by atoms with Crippen LogP contribution in [0.25, 0.3) is 0 Å². The number of benzene rings is 1. The summed E-state index contributed by atoms with van der Waals surface area (Å²) in [4.78, 5) is 11.3. The SMILES string of the molecule is CCC(=O)C(C)CCOc1ccc(Br)cc1. The first-order valence-corrected chi connectivity index (χ1v) is 6.34. The van der Waals surface area contributed by atoms with Crippen molar-refractivity contribution in [2.24, 2.45) is 5.92 Å². The number of hydrogen-bond acceptors (Lipinski definition) is 2. The van der Waals surface area contributed by atoms with E-state index in [1.54, 1.807) is 0 Å². The summed E-state index contributed by atoms with van der Waals surface area (Å²) in [6.45, 7) is 4.44.